The highest BCUT2D eigenvalue weighted by Crippen LogP contribution is 2.27. The number of ether oxygens (including phenoxy) is 1. The van der Waals surface area contributed by atoms with E-state index in [-0.39, 0.29) is 11.7 Å². The number of hydrogen-bond acceptors (Lipinski definition) is 5. The molecule has 1 amide bonds. The van der Waals surface area contributed by atoms with E-state index in [9.17, 15) is 4.79 Å². The third kappa shape index (κ3) is 5.18. The molecule has 1 aromatic heterocycles. The van der Waals surface area contributed by atoms with Gasteiger partial charge < -0.3 is 10.1 Å². The van der Waals surface area contributed by atoms with Gasteiger partial charge in [-0.05, 0) is 18.6 Å². The molecule has 0 aliphatic carbocycles. The van der Waals surface area contributed by atoms with Crippen LogP contribution in [-0.4, -0.2) is 46.7 Å². The van der Waals surface area contributed by atoms with Crippen LogP contribution in [0, 0.1) is 0 Å². The minimum Gasteiger partial charge on any atom is -0.385 e. The fourth-order valence-corrected chi connectivity index (χ4v) is 3.35. The maximum Gasteiger partial charge on any atom is 0.230 e. The molecule has 0 aliphatic heterocycles. The highest BCUT2D eigenvalue weighted by molar-refractivity contribution is 7.99. The average Bonchev–Trinajstić information content (AvgIpc) is 3.15. The molecule has 27 heavy (non-hydrogen) atoms. The Kier molecular flexibility index (Phi) is 7.01. The molecule has 0 spiro atoms. The molecule has 1 heterocycles. The lowest BCUT2D eigenvalue weighted by molar-refractivity contribution is -0.118. The predicted molar refractivity (Wildman–Crippen MR) is 107 cm³/mol. The Balaban J connectivity index is 1.77. The summed E-state index contributed by atoms with van der Waals surface area (Å²) in [6, 6.07) is 19.8. The van der Waals surface area contributed by atoms with Crippen molar-refractivity contribution in [2.24, 2.45) is 0 Å². The Morgan fingerprint density at radius 3 is 2.48 bits per heavy atom. The molecular formula is C20H22N4O2S. The molecule has 7 heteroatoms. The van der Waals surface area contributed by atoms with Crippen LogP contribution in [0.5, 0.6) is 0 Å². The number of aromatic nitrogens is 3. The second-order valence-electron chi connectivity index (χ2n) is 5.83. The lowest BCUT2D eigenvalue weighted by atomic mass is 10.2. The molecule has 140 valence electrons. The van der Waals surface area contributed by atoms with Crippen LogP contribution < -0.4 is 5.32 Å². The number of carbonyl (C=O) groups is 1. The van der Waals surface area contributed by atoms with Crippen LogP contribution in [0.25, 0.3) is 17.1 Å². The van der Waals surface area contributed by atoms with Crippen molar-refractivity contribution in [3.63, 3.8) is 0 Å². The third-order valence-corrected chi connectivity index (χ3v) is 4.79. The Morgan fingerprint density at radius 1 is 1.07 bits per heavy atom. The number of carbonyl (C=O) groups excluding carboxylic acids is 1. The van der Waals surface area contributed by atoms with E-state index in [4.69, 9.17) is 4.74 Å². The molecule has 2 aromatic carbocycles. The summed E-state index contributed by atoms with van der Waals surface area (Å²) >= 11 is 1.38. The molecule has 0 saturated heterocycles. The van der Waals surface area contributed by atoms with E-state index in [2.05, 4.69) is 15.5 Å². The van der Waals surface area contributed by atoms with E-state index in [0.717, 1.165) is 23.5 Å². The maximum absolute atomic E-state index is 12.1. The number of nitrogens with one attached hydrogen (secondary N) is 1. The van der Waals surface area contributed by atoms with Crippen LogP contribution in [0.15, 0.2) is 65.8 Å². The van der Waals surface area contributed by atoms with Gasteiger partial charge in [0.05, 0.1) is 5.75 Å². The first-order valence-corrected chi connectivity index (χ1v) is 9.73. The number of para-hydroxylation sites is 1. The first-order chi connectivity index (χ1) is 13.3. The molecule has 0 aliphatic rings. The highest BCUT2D eigenvalue weighted by Gasteiger charge is 2.16. The predicted octanol–water partition coefficient (Wildman–Crippen LogP) is 3.18. The molecule has 0 atom stereocenters. The number of nitrogens with zero attached hydrogens (tertiary/aromatic N) is 3. The number of hydrogen-bond donors (Lipinski definition) is 1. The van der Waals surface area contributed by atoms with Crippen molar-refractivity contribution in [3.05, 3.63) is 60.7 Å². The lowest BCUT2D eigenvalue weighted by Gasteiger charge is -2.10. The number of amides is 1. The van der Waals surface area contributed by atoms with Crippen molar-refractivity contribution in [1.29, 1.82) is 0 Å². The van der Waals surface area contributed by atoms with Crippen molar-refractivity contribution >= 4 is 17.7 Å². The van der Waals surface area contributed by atoms with E-state index in [1.54, 1.807) is 7.11 Å². The minimum atomic E-state index is -0.0278. The Morgan fingerprint density at radius 2 is 1.78 bits per heavy atom. The van der Waals surface area contributed by atoms with Crippen molar-refractivity contribution in [2.75, 3.05) is 26.0 Å². The third-order valence-electron chi connectivity index (χ3n) is 3.86. The fourth-order valence-electron chi connectivity index (χ4n) is 2.57. The first-order valence-electron chi connectivity index (χ1n) is 8.74. The maximum atomic E-state index is 12.1. The zero-order valence-corrected chi connectivity index (χ0v) is 16.0. The number of methoxy groups -OCH3 is 1. The van der Waals surface area contributed by atoms with E-state index in [1.165, 1.54) is 11.8 Å². The van der Waals surface area contributed by atoms with E-state index in [1.807, 2.05) is 65.2 Å². The molecule has 0 fully saturated rings. The quantitative estimate of drug-likeness (QED) is 0.455. The van der Waals surface area contributed by atoms with Gasteiger partial charge in [0.25, 0.3) is 0 Å². The summed E-state index contributed by atoms with van der Waals surface area (Å²) in [5.41, 5.74) is 1.94. The Labute approximate surface area is 163 Å². The van der Waals surface area contributed by atoms with Crippen LogP contribution in [0.4, 0.5) is 0 Å². The van der Waals surface area contributed by atoms with Gasteiger partial charge in [0.1, 0.15) is 0 Å². The van der Waals surface area contributed by atoms with Crippen LogP contribution in [-0.2, 0) is 9.53 Å². The molecule has 0 radical (unpaired) electrons. The lowest BCUT2D eigenvalue weighted by Crippen LogP contribution is -2.26. The summed E-state index contributed by atoms with van der Waals surface area (Å²) < 4.78 is 6.97. The van der Waals surface area contributed by atoms with Crippen LogP contribution in [0.2, 0.25) is 0 Å². The van der Waals surface area contributed by atoms with Gasteiger partial charge in [-0.25, -0.2) is 0 Å². The Hall–Kier alpha value is -2.64. The summed E-state index contributed by atoms with van der Waals surface area (Å²) in [5, 5.41) is 12.3. The molecule has 0 bridgehead atoms. The van der Waals surface area contributed by atoms with Gasteiger partial charge in [-0.1, -0.05) is 60.3 Å². The molecule has 0 unspecified atom stereocenters. The molecule has 3 aromatic rings. The summed E-state index contributed by atoms with van der Waals surface area (Å²) in [4.78, 5) is 12.1. The first kappa shape index (κ1) is 19.1. The summed E-state index contributed by atoms with van der Waals surface area (Å²) in [6.07, 6.45) is 0.797. The number of benzene rings is 2. The number of thioether (sulfide) groups is 1. The van der Waals surface area contributed by atoms with Gasteiger partial charge >= 0.3 is 0 Å². The minimum absolute atomic E-state index is 0.0278. The van der Waals surface area contributed by atoms with Crippen molar-refractivity contribution in [1.82, 2.24) is 20.1 Å². The normalized spacial score (nSPS) is 10.7. The van der Waals surface area contributed by atoms with Gasteiger partial charge in [-0.15, -0.1) is 10.2 Å². The summed E-state index contributed by atoms with van der Waals surface area (Å²) in [5.74, 6) is 1.01. The van der Waals surface area contributed by atoms with Gasteiger partial charge in [-0.3, -0.25) is 9.36 Å². The van der Waals surface area contributed by atoms with Crippen LogP contribution >= 0.6 is 11.8 Å². The average molecular weight is 382 g/mol. The monoisotopic (exact) mass is 382 g/mol. The fraction of sp³-hybridized carbons (Fsp3) is 0.250. The smallest absolute Gasteiger partial charge is 0.230 e. The molecule has 0 saturated carbocycles. The molecule has 6 nitrogen and oxygen atoms in total. The molecule has 3 rings (SSSR count). The van der Waals surface area contributed by atoms with Gasteiger partial charge in [0, 0.05) is 31.5 Å². The topological polar surface area (TPSA) is 69.0 Å². The molecular weight excluding hydrogens is 360 g/mol. The zero-order valence-electron chi connectivity index (χ0n) is 15.2. The summed E-state index contributed by atoms with van der Waals surface area (Å²) in [7, 11) is 1.65. The van der Waals surface area contributed by atoms with E-state index in [0.29, 0.717) is 18.3 Å². The highest BCUT2D eigenvalue weighted by atomic mass is 32.2. The van der Waals surface area contributed by atoms with Crippen LogP contribution in [0.1, 0.15) is 6.42 Å². The van der Waals surface area contributed by atoms with Gasteiger partial charge in [0.15, 0.2) is 11.0 Å². The number of rotatable bonds is 9. The van der Waals surface area contributed by atoms with Crippen molar-refractivity contribution in [3.8, 4) is 17.1 Å². The van der Waals surface area contributed by atoms with Crippen LogP contribution in [0.3, 0.4) is 0 Å². The van der Waals surface area contributed by atoms with E-state index < -0.39 is 0 Å². The SMILES string of the molecule is COCCCNC(=O)CSc1nnc(-c2ccccc2)n1-c1ccccc1. The zero-order chi connectivity index (χ0) is 18.9. The van der Waals surface area contributed by atoms with E-state index >= 15 is 0 Å². The molecule has 1 N–H and O–H groups in total. The van der Waals surface area contributed by atoms with Gasteiger partial charge in [0.2, 0.25) is 5.91 Å². The second kappa shape index (κ2) is 9.89. The Bertz CT molecular complexity index is 853. The standard InChI is InChI=1S/C20H22N4O2S/c1-26-14-8-13-21-18(25)15-27-20-23-22-19(16-9-4-2-5-10-16)24(20)17-11-6-3-7-12-17/h2-7,9-12H,8,13-15H2,1H3,(H,21,25). The van der Waals surface area contributed by atoms with Crippen molar-refractivity contribution in [2.45, 2.75) is 11.6 Å². The summed E-state index contributed by atoms with van der Waals surface area (Å²) in [6.45, 7) is 1.24. The largest absolute Gasteiger partial charge is 0.385 e. The van der Waals surface area contributed by atoms with Gasteiger partial charge in [-0.2, -0.15) is 0 Å². The second-order valence-corrected chi connectivity index (χ2v) is 6.77. The van der Waals surface area contributed by atoms with Crippen molar-refractivity contribution < 1.29 is 9.53 Å².